The highest BCUT2D eigenvalue weighted by molar-refractivity contribution is 8.04. The third kappa shape index (κ3) is 4.65. The Labute approximate surface area is 203 Å². The molecule has 0 radical (unpaired) electrons. The monoisotopic (exact) mass is 474 g/mol. The van der Waals surface area contributed by atoms with Crippen molar-refractivity contribution in [3.05, 3.63) is 88.5 Å². The predicted molar refractivity (Wildman–Crippen MR) is 136 cm³/mol. The zero-order valence-electron chi connectivity index (χ0n) is 19.5. The van der Waals surface area contributed by atoms with Crippen molar-refractivity contribution in [1.29, 1.82) is 0 Å². The summed E-state index contributed by atoms with van der Waals surface area (Å²) in [5, 5.41) is 3.16. The van der Waals surface area contributed by atoms with E-state index in [0.29, 0.717) is 27.8 Å². The first-order valence-corrected chi connectivity index (χ1v) is 11.7. The predicted octanol–water partition coefficient (Wildman–Crippen LogP) is 5.56. The van der Waals surface area contributed by atoms with Crippen LogP contribution in [0.25, 0.3) is 0 Å². The zero-order chi connectivity index (χ0) is 24.2. The molecule has 0 fully saturated rings. The topological polar surface area (TPSA) is 67.9 Å². The van der Waals surface area contributed by atoms with Crippen molar-refractivity contribution in [2.75, 3.05) is 24.4 Å². The number of rotatable bonds is 8. The Morgan fingerprint density at radius 1 is 0.882 bits per heavy atom. The lowest BCUT2D eigenvalue weighted by Gasteiger charge is -2.16. The average molecular weight is 475 g/mol. The van der Waals surface area contributed by atoms with E-state index in [4.69, 9.17) is 9.47 Å². The summed E-state index contributed by atoms with van der Waals surface area (Å²) in [6.45, 7) is 4.06. The summed E-state index contributed by atoms with van der Waals surface area (Å²) in [4.78, 5) is 29.5. The Balaban J connectivity index is 1.77. The highest BCUT2D eigenvalue weighted by atomic mass is 32.2. The van der Waals surface area contributed by atoms with Crippen LogP contribution in [0.5, 0.6) is 11.5 Å². The molecule has 3 aromatic carbocycles. The Morgan fingerprint density at radius 2 is 1.59 bits per heavy atom. The molecule has 0 saturated heterocycles. The summed E-state index contributed by atoms with van der Waals surface area (Å²) >= 11 is 1.26. The van der Waals surface area contributed by atoms with Crippen molar-refractivity contribution in [2.24, 2.45) is 0 Å². The molecule has 1 heterocycles. The van der Waals surface area contributed by atoms with Gasteiger partial charge in [0.15, 0.2) is 0 Å². The smallest absolute Gasteiger partial charge is 0.283 e. The number of carbonyl (C=O) groups is 2. The molecule has 1 N–H and O–H groups in total. The number of hydrogen-bond acceptors (Lipinski definition) is 6. The van der Waals surface area contributed by atoms with Crippen LogP contribution in [0.2, 0.25) is 0 Å². The minimum Gasteiger partial charge on any atom is -0.497 e. The molecule has 1 aliphatic rings. The Hall–Kier alpha value is -3.71. The molecule has 0 bridgehead atoms. The number of carbonyl (C=O) groups excluding carboxylic acids is 2. The third-order valence-electron chi connectivity index (χ3n) is 5.55. The lowest BCUT2D eigenvalue weighted by molar-refractivity contribution is -0.120. The molecular weight excluding hydrogens is 448 g/mol. The quantitative estimate of drug-likeness (QED) is 0.431. The van der Waals surface area contributed by atoms with E-state index in [1.54, 1.807) is 44.6 Å². The highest BCUT2D eigenvalue weighted by Gasteiger charge is 2.40. The van der Waals surface area contributed by atoms with Gasteiger partial charge in [-0.2, -0.15) is 0 Å². The van der Waals surface area contributed by atoms with Gasteiger partial charge in [-0.3, -0.25) is 9.59 Å². The van der Waals surface area contributed by atoms with Gasteiger partial charge in [0.25, 0.3) is 11.8 Å². The number of thioether (sulfide) groups is 1. The SMILES string of the molecule is CCc1ccc(N2C(=O)C(Nc3cc(OC)ccc3OC)=C(Sc3ccc(C)cc3)C2=O)cc1. The molecule has 0 unspecified atom stereocenters. The van der Waals surface area contributed by atoms with Crippen LogP contribution in [0.15, 0.2) is 82.2 Å². The van der Waals surface area contributed by atoms with E-state index in [0.717, 1.165) is 22.4 Å². The number of nitrogens with one attached hydrogen (secondary N) is 1. The molecule has 174 valence electrons. The van der Waals surface area contributed by atoms with Gasteiger partial charge in [-0.15, -0.1) is 0 Å². The van der Waals surface area contributed by atoms with Gasteiger partial charge in [-0.25, -0.2) is 4.90 Å². The van der Waals surface area contributed by atoms with Crippen molar-refractivity contribution in [3.8, 4) is 11.5 Å². The lowest BCUT2D eigenvalue weighted by Crippen LogP contribution is -2.32. The fraction of sp³-hybridized carbons (Fsp3) is 0.185. The summed E-state index contributed by atoms with van der Waals surface area (Å²) in [5.41, 5.74) is 3.50. The summed E-state index contributed by atoms with van der Waals surface area (Å²) in [5.74, 6) is 0.331. The van der Waals surface area contributed by atoms with Gasteiger partial charge in [0, 0.05) is 11.0 Å². The average Bonchev–Trinajstić information content (AvgIpc) is 3.09. The first-order valence-electron chi connectivity index (χ1n) is 10.9. The van der Waals surface area contributed by atoms with Crippen molar-refractivity contribution in [3.63, 3.8) is 0 Å². The normalized spacial score (nSPS) is 13.5. The molecule has 0 atom stereocenters. The van der Waals surface area contributed by atoms with E-state index in [2.05, 4.69) is 12.2 Å². The van der Waals surface area contributed by atoms with Crippen molar-refractivity contribution in [2.45, 2.75) is 25.2 Å². The number of methoxy groups -OCH3 is 2. The lowest BCUT2D eigenvalue weighted by atomic mass is 10.1. The molecule has 0 aromatic heterocycles. The Morgan fingerprint density at radius 3 is 2.21 bits per heavy atom. The number of ether oxygens (including phenoxy) is 2. The molecule has 7 heteroatoms. The number of anilines is 2. The molecule has 1 aliphatic heterocycles. The number of amides is 2. The van der Waals surface area contributed by atoms with Crippen LogP contribution >= 0.6 is 11.8 Å². The summed E-state index contributed by atoms with van der Waals surface area (Å²) in [6, 6.07) is 20.5. The number of benzene rings is 3. The van der Waals surface area contributed by atoms with E-state index in [9.17, 15) is 9.59 Å². The zero-order valence-corrected chi connectivity index (χ0v) is 20.4. The molecule has 0 aliphatic carbocycles. The first kappa shape index (κ1) is 23.4. The van der Waals surface area contributed by atoms with Crippen LogP contribution in [0.4, 0.5) is 11.4 Å². The molecule has 0 spiro atoms. The van der Waals surface area contributed by atoms with Gasteiger partial charge in [0.05, 0.1) is 25.6 Å². The van der Waals surface area contributed by atoms with Crippen molar-refractivity contribution < 1.29 is 19.1 Å². The maximum Gasteiger partial charge on any atom is 0.283 e. The number of nitrogens with zero attached hydrogens (tertiary/aromatic N) is 1. The Kier molecular flexibility index (Phi) is 6.93. The Bertz CT molecular complexity index is 1250. The van der Waals surface area contributed by atoms with E-state index < -0.39 is 5.91 Å². The molecule has 4 rings (SSSR count). The van der Waals surface area contributed by atoms with E-state index in [1.807, 2.05) is 43.3 Å². The molecule has 0 saturated carbocycles. The van der Waals surface area contributed by atoms with Crippen molar-refractivity contribution in [1.82, 2.24) is 0 Å². The second-order valence-electron chi connectivity index (χ2n) is 7.78. The molecule has 6 nitrogen and oxygen atoms in total. The molecule has 34 heavy (non-hydrogen) atoms. The highest BCUT2D eigenvalue weighted by Crippen LogP contribution is 2.39. The maximum atomic E-state index is 13.6. The van der Waals surface area contributed by atoms with Crippen LogP contribution in [0.3, 0.4) is 0 Å². The van der Waals surface area contributed by atoms with E-state index >= 15 is 0 Å². The van der Waals surface area contributed by atoms with Crippen LogP contribution in [-0.2, 0) is 16.0 Å². The molecule has 3 aromatic rings. The van der Waals surface area contributed by atoms with Gasteiger partial charge in [0.1, 0.15) is 22.1 Å². The number of aryl methyl sites for hydroxylation is 2. The largest absolute Gasteiger partial charge is 0.497 e. The second kappa shape index (κ2) is 10.1. The van der Waals surface area contributed by atoms with Crippen LogP contribution in [-0.4, -0.2) is 26.0 Å². The molecular formula is C27H26N2O4S. The first-order chi connectivity index (χ1) is 16.4. The third-order valence-corrected chi connectivity index (χ3v) is 6.64. The fourth-order valence-electron chi connectivity index (χ4n) is 3.60. The maximum absolute atomic E-state index is 13.6. The minimum atomic E-state index is -0.422. The number of hydrogen-bond donors (Lipinski definition) is 1. The van der Waals surface area contributed by atoms with Gasteiger partial charge in [-0.05, 0) is 55.3 Å². The van der Waals surface area contributed by atoms with Gasteiger partial charge in [-0.1, -0.05) is 48.5 Å². The fourth-order valence-corrected chi connectivity index (χ4v) is 4.53. The van der Waals surface area contributed by atoms with E-state index in [1.165, 1.54) is 16.7 Å². The van der Waals surface area contributed by atoms with Gasteiger partial charge < -0.3 is 14.8 Å². The van der Waals surface area contributed by atoms with E-state index in [-0.39, 0.29) is 11.6 Å². The standard InChI is InChI=1S/C27H26N2O4S/c1-5-18-8-10-19(11-9-18)29-26(30)24(28-22-16-20(32-3)12-15-23(22)33-4)25(27(29)31)34-21-13-6-17(2)7-14-21/h6-16,28H,5H2,1-4H3. The van der Waals surface area contributed by atoms with Crippen LogP contribution < -0.4 is 19.7 Å². The second-order valence-corrected chi connectivity index (χ2v) is 8.86. The van der Waals surface area contributed by atoms with Crippen LogP contribution in [0.1, 0.15) is 18.1 Å². The summed E-state index contributed by atoms with van der Waals surface area (Å²) in [7, 11) is 3.11. The van der Waals surface area contributed by atoms with Gasteiger partial charge >= 0.3 is 0 Å². The van der Waals surface area contributed by atoms with Crippen molar-refractivity contribution >= 4 is 35.0 Å². The molecule has 2 amide bonds. The van der Waals surface area contributed by atoms with Crippen LogP contribution in [0, 0.1) is 6.92 Å². The van der Waals surface area contributed by atoms with Gasteiger partial charge in [0.2, 0.25) is 0 Å². The summed E-state index contributed by atoms with van der Waals surface area (Å²) in [6.07, 6.45) is 0.872. The minimum absolute atomic E-state index is 0.196. The number of imide groups is 1. The summed E-state index contributed by atoms with van der Waals surface area (Å²) < 4.78 is 10.8.